The third-order valence-corrected chi connectivity index (χ3v) is 3.13. The number of hydrogen-bond acceptors (Lipinski definition) is 0. The minimum atomic E-state index is 0.462. The predicted octanol–water partition coefficient (Wildman–Crippen LogP) is 1.44. The van der Waals surface area contributed by atoms with Crippen LogP contribution in [0.25, 0.3) is 0 Å². The maximum Gasteiger partial charge on any atom is 0.0202 e. The molecule has 0 nitrogen and oxygen atoms in total. The summed E-state index contributed by atoms with van der Waals surface area (Å²) in [5, 5.41) is 0.462. The molecule has 0 radical (unpaired) electrons. The number of hydrogen-bond donors (Lipinski definition) is 0. The van der Waals surface area contributed by atoms with Crippen molar-refractivity contribution in [2.45, 2.75) is 25.8 Å². The lowest BCUT2D eigenvalue weighted by molar-refractivity contribution is 0.908. The first kappa shape index (κ1) is 6.81. The van der Waals surface area contributed by atoms with Crippen LogP contribution >= 0.6 is 0 Å². The highest BCUT2D eigenvalue weighted by Crippen LogP contribution is 2.38. The van der Waals surface area contributed by atoms with Crippen molar-refractivity contribution in [2.75, 3.05) is 0 Å². The van der Waals surface area contributed by atoms with Crippen LogP contribution in [-0.4, -0.2) is 10.2 Å². The topological polar surface area (TPSA) is 0 Å². The third kappa shape index (κ3) is 1.16. The Morgan fingerprint density at radius 2 is 2.00 bits per heavy atom. The molecule has 1 rings (SSSR count). The van der Waals surface area contributed by atoms with Crippen molar-refractivity contribution in [1.29, 1.82) is 0 Å². The second-order valence-electron chi connectivity index (χ2n) is 3.44. The summed E-state index contributed by atoms with van der Waals surface area (Å²) in [6.45, 7) is 6.70. The monoisotopic (exact) mass is 138 g/mol. The lowest BCUT2D eigenvalue weighted by Crippen LogP contribution is -2.01. The zero-order valence-corrected chi connectivity index (χ0v) is 8.65. The highest BCUT2D eigenvalue weighted by Gasteiger charge is 2.20. The molecule has 0 aromatic carbocycles. The lowest BCUT2D eigenvalue weighted by atomic mass is 10.1. The summed E-state index contributed by atoms with van der Waals surface area (Å²) < 4.78 is 0. The van der Waals surface area contributed by atoms with E-state index in [1.165, 1.54) is 21.4 Å². The molecule has 0 saturated heterocycles. The van der Waals surface area contributed by atoms with Crippen LogP contribution in [0.15, 0.2) is 23.3 Å². The summed E-state index contributed by atoms with van der Waals surface area (Å²) in [5.41, 5.74) is 2.97. The lowest BCUT2D eigenvalue weighted by Gasteiger charge is -2.16. The summed E-state index contributed by atoms with van der Waals surface area (Å²) in [7, 11) is 1.24. The van der Waals surface area contributed by atoms with Gasteiger partial charge in [-0.15, -0.1) is 0 Å². The molecule has 0 aromatic heterocycles. The molecule has 1 heteroatoms. The van der Waals surface area contributed by atoms with Gasteiger partial charge in [-0.25, -0.2) is 0 Å². The molecule has 9 heavy (non-hydrogen) atoms. The van der Waals surface area contributed by atoms with Gasteiger partial charge in [0.1, 0.15) is 0 Å². The van der Waals surface area contributed by atoms with Gasteiger partial charge in [0, 0.05) is 10.2 Å². The molecule has 0 N–H and O–H groups in total. The first-order valence-corrected chi connectivity index (χ1v) is 4.40. The van der Waals surface area contributed by atoms with Gasteiger partial charge in [0.25, 0.3) is 0 Å². The van der Waals surface area contributed by atoms with Crippen molar-refractivity contribution >= 4 is 10.2 Å². The molecule has 0 aliphatic heterocycles. The van der Waals surface area contributed by atoms with E-state index in [1.807, 2.05) is 0 Å². The van der Waals surface area contributed by atoms with Crippen LogP contribution < -0.4 is 0 Å². The van der Waals surface area contributed by atoms with Gasteiger partial charge in [0.15, 0.2) is 0 Å². The van der Waals surface area contributed by atoms with Crippen LogP contribution in [0.5, 0.6) is 0 Å². The fourth-order valence-corrected chi connectivity index (χ4v) is 1.85. The minimum absolute atomic E-state index is 0.462. The van der Waals surface area contributed by atoms with E-state index in [0.717, 1.165) is 0 Å². The highest BCUT2D eigenvalue weighted by atomic mass is 28.1. The van der Waals surface area contributed by atoms with E-state index in [-0.39, 0.29) is 0 Å². The molecule has 0 fully saturated rings. The van der Waals surface area contributed by atoms with E-state index < -0.39 is 0 Å². The summed E-state index contributed by atoms with van der Waals surface area (Å²) in [4.78, 5) is 0. The van der Waals surface area contributed by atoms with Crippen molar-refractivity contribution in [3.05, 3.63) is 23.3 Å². The zero-order chi connectivity index (χ0) is 7.07. The Kier molecular flexibility index (Phi) is 1.39. The molecule has 1 unspecified atom stereocenters. The van der Waals surface area contributed by atoms with Crippen molar-refractivity contribution in [2.24, 2.45) is 0 Å². The maximum absolute atomic E-state index is 2.37. The molecule has 1 aliphatic carbocycles. The van der Waals surface area contributed by atoms with Crippen molar-refractivity contribution in [1.82, 2.24) is 0 Å². The van der Waals surface area contributed by atoms with Gasteiger partial charge in [0.05, 0.1) is 0 Å². The Bertz CT molecular complexity index is 185. The van der Waals surface area contributed by atoms with Gasteiger partial charge in [-0.1, -0.05) is 30.2 Å². The Hall–Kier alpha value is -0.303. The molecule has 0 aromatic rings. The molecule has 0 spiro atoms. The fraction of sp³-hybridized carbons (Fsp3) is 0.500. The number of allylic oxidation sites excluding steroid dienone is 4. The van der Waals surface area contributed by atoms with Crippen LogP contribution in [0.1, 0.15) is 20.8 Å². The van der Waals surface area contributed by atoms with Gasteiger partial charge < -0.3 is 0 Å². The average Bonchev–Trinajstić information content (AvgIpc) is 1.79. The van der Waals surface area contributed by atoms with E-state index in [4.69, 9.17) is 0 Å². The smallest absolute Gasteiger partial charge is 0.0202 e. The summed E-state index contributed by atoms with van der Waals surface area (Å²) in [6, 6.07) is 0. The molecule has 0 bridgehead atoms. The largest absolute Gasteiger partial charge is 0.0754 e. The van der Waals surface area contributed by atoms with Crippen LogP contribution in [0.2, 0.25) is 5.04 Å². The highest BCUT2D eigenvalue weighted by molar-refractivity contribution is 6.19. The quantitative estimate of drug-likeness (QED) is 0.444. The van der Waals surface area contributed by atoms with Crippen LogP contribution in [0, 0.1) is 0 Å². The van der Waals surface area contributed by atoms with E-state index in [1.54, 1.807) is 0 Å². The molecule has 1 aliphatic rings. The molecular weight excluding hydrogens is 124 g/mol. The van der Waals surface area contributed by atoms with Gasteiger partial charge in [-0.3, -0.25) is 0 Å². The minimum Gasteiger partial charge on any atom is -0.0754 e. The second-order valence-corrected chi connectivity index (χ2v) is 5.51. The Labute approximate surface area is 60.1 Å². The molecule has 0 heterocycles. The van der Waals surface area contributed by atoms with Gasteiger partial charge in [-0.2, -0.15) is 0 Å². The summed E-state index contributed by atoms with van der Waals surface area (Å²) >= 11 is 0. The van der Waals surface area contributed by atoms with Crippen LogP contribution in [-0.2, 0) is 0 Å². The normalized spacial score (nSPS) is 34.6. The summed E-state index contributed by atoms with van der Waals surface area (Å²) in [5.74, 6) is 0. The van der Waals surface area contributed by atoms with Crippen molar-refractivity contribution in [3.63, 3.8) is 0 Å². The predicted molar refractivity (Wildman–Crippen MR) is 45.8 cm³/mol. The van der Waals surface area contributed by atoms with Crippen molar-refractivity contribution in [3.8, 4) is 0 Å². The molecule has 0 saturated carbocycles. The molecule has 0 amide bonds. The molecule has 50 valence electrons. The zero-order valence-electron chi connectivity index (χ0n) is 6.65. The fourth-order valence-electron chi connectivity index (χ4n) is 1.25. The van der Waals surface area contributed by atoms with Gasteiger partial charge in [-0.05, 0) is 18.9 Å². The van der Waals surface area contributed by atoms with E-state index in [2.05, 4.69) is 32.9 Å². The standard InChI is InChI=1S/C8H14Si/c1-6-4-7(2)8(3,9)5-6/h4-5H,1-3,9H3. The van der Waals surface area contributed by atoms with Crippen LogP contribution in [0.3, 0.4) is 0 Å². The Morgan fingerprint density at radius 1 is 1.44 bits per heavy atom. The second kappa shape index (κ2) is 1.84. The van der Waals surface area contributed by atoms with Crippen molar-refractivity contribution < 1.29 is 0 Å². The molecule has 1 atom stereocenters. The summed E-state index contributed by atoms with van der Waals surface area (Å²) in [6.07, 6.45) is 4.65. The van der Waals surface area contributed by atoms with E-state index in [9.17, 15) is 0 Å². The Balaban J connectivity index is 2.96. The first-order chi connectivity index (χ1) is 4.02. The van der Waals surface area contributed by atoms with Gasteiger partial charge in [0.2, 0.25) is 0 Å². The number of rotatable bonds is 0. The SMILES string of the molecule is CC1=CC(C)([SiH3])C(C)=C1. The Morgan fingerprint density at radius 3 is 2.11 bits per heavy atom. The van der Waals surface area contributed by atoms with E-state index >= 15 is 0 Å². The maximum atomic E-state index is 2.37. The van der Waals surface area contributed by atoms with Gasteiger partial charge >= 0.3 is 0 Å². The average molecular weight is 138 g/mol. The molecular formula is C8H14Si. The van der Waals surface area contributed by atoms with Crippen LogP contribution in [0.4, 0.5) is 0 Å². The van der Waals surface area contributed by atoms with E-state index in [0.29, 0.717) is 5.04 Å². The first-order valence-electron chi connectivity index (χ1n) is 3.40. The third-order valence-electron chi connectivity index (χ3n) is 2.05.